The van der Waals surface area contributed by atoms with E-state index in [9.17, 15) is 9.59 Å². The Kier molecular flexibility index (Phi) is 7.42. The molecule has 10 heteroatoms. The van der Waals surface area contributed by atoms with Crippen molar-refractivity contribution in [2.75, 3.05) is 7.11 Å². The fourth-order valence-corrected chi connectivity index (χ4v) is 6.50. The second kappa shape index (κ2) is 10.9. The molecule has 2 aromatic heterocycles. The van der Waals surface area contributed by atoms with E-state index in [4.69, 9.17) is 14.7 Å². The summed E-state index contributed by atoms with van der Waals surface area (Å²) in [6, 6.07) is 18.1. The van der Waals surface area contributed by atoms with Crippen LogP contribution in [0.5, 0.6) is 5.75 Å². The van der Waals surface area contributed by atoms with Gasteiger partial charge in [0.25, 0.3) is 5.56 Å². The summed E-state index contributed by atoms with van der Waals surface area (Å²) in [6.45, 7) is 2.12. The van der Waals surface area contributed by atoms with Crippen LogP contribution in [0.3, 0.4) is 0 Å². The monoisotopic (exact) mass is 605 g/mol. The van der Waals surface area contributed by atoms with E-state index < -0.39 is 12.0 Å². The third-order valence-corrected chi connectivity index (χ3v) is 8.50. The molecular formula is C28H20BrN3O4S2. The number of benzene rings is 2. The molecule has 38 heavy (non-hydrogen) atoms. The molecule has 3 heterocycles. The number of rotatable bonds is 6. The lowest BCUT2D eigenvalue weighted by Crippen LogP contribution is -2.39. The fourth-order valence-electron chi connectivity index (χ4n) is 4.12. The number of halogens is 1. The first-order chi connectivity index (χ1) is 18.4. The van der Waals surface area contributed by atoms with Crippen molar-refractivity contribution in [1.82, 2.24) is 4.57 Å². The highest BCUT2D eigenvalue weighted by atomic mass is 79.9. The summed E-state index contributed by atoms with van der Waals surface area (Å²) in [4.78, 5) is 32.2. The van der Waals surface area contributed by atoms with Crippen LogP contribution in [-0.2, 0) is 16.1 Å². The van der Waals surface area contributed by atoms with Gasteiger partial charge >= 0.3 is 5.97 Å². The Morgan fingerprint density at radius 1 is 1.24 bits per heavy atom. The van der Waals surface area contributed by atoms with Crippen molar-refractivity contribution in [3.63, 3.8) is 0 Å². The zero-order valence-corrected chi connectivity index (χ0v) is 23.5. The average Bonchev–Trinajstić information content (AvgIpc) is 3.56. The maximum Gasteiger partial charge on any atom is 0.338 e. The number of thiophene rings is 1. The number of esters is 1. The number of thiazole rings is 1. The van der Waals surface area contributed by atoms with Crippen molar-refractivity contribution in [2.45, 2.75) is 19.6 Å². The highest BCUT2D eigenvalue weighted by molar-refractivity contribution is 9.10. The lowest BCUT2D eigenvalue weighted by molar-refractivity contribution is -0.136. The molecule has 0 fully saturated rings. The molecule has 1 aliphatic rings. The minimum atomic E-state index is -0.592. The molecule has 0 saturated heterocycles. The molecule has 190 valence electrons. The Morgan fingerprint density at radius 3 is 2.68 bits per heavy atom. The van der Waals surface area contributed by atoms with Crippen molar-refractivity contribution in [3.05, 3.63) is 117 Å². The van der Waals surface area contributed by atoms with Crippen molar-refractivity contribution in [2.24, 2.45) is 4.99 Å². The summed E-state index contributed by atoms with van der Waals surface area (Å²) in [6.07, 6.45) is 1.81. The van der Waals surface area contributed by atoms with Crippen LogP contribution >= 0.6 is 38.6 Å². The number of carbonyl (C=O) groups excluding carboxylic acids is 1. The van der Waals surface area contributed by atoms with Gasteiger partial charge in [0.1, 0.15) is 18.4 Å². The molecule has 0 bridgehead atoms. The van der Waals surface area contributed by atoms with Crippen LogP contribution in [-0.4, -0.2) is 17.6 Å². The Labute approximate surface area is 234 Å². The summed E-state index contributed by atoms with van der Waals surface area (Å²) >= 11 is 6.32. The van der Waals surface area contributed by atoms with Gasteiger partial charge in [-0.25, -0.2) is 9.79 Å². The van der Waals surface area contributed by atoms with Gasteiger partial charge in [0.15, 0.2) is 4.80 Å². The Bertz CT molecular complexity index is 1780. The van der Waals surface area contributed by atoms with Gasteiger partial charge in [0, 0.05) is 4.88 Å². The lowest BCUT2D eigenvalue weighted by atomic mass is 10.0. The zero-order chi connectivity index (χ0) is 26.8. The van der Waals surface area contributed by atoms with Crippen LogP contribution in [0.4, 0.5) is 0 Å². The molecule has 0 saturated carbocycles. The van der Waals surface area contributed by atoms with Gasteiger partial charge in [-0.15, -0.1) is 11.3 Å². The van der Waals surface area contributed by atoms with Crippen molar-refractivity contribution in [3.8, 4) is 11.8 Å². The van der Waals surface area contributed by atoms with Gasteiger partial charge in [-0.05, 0) is 75.8 Å². The Balaban J connectivity index is 1.47. The van der Waals surface area contributed by atoms with Crippen molar-refractivity contribution >= 4 is 50.6 Å². The summed E-state index contributed by atoms with van der Waals surface area (Å²) in [7, 11) is 1.33. The quantitative estimate of drug-likeness (QED) is 0.297. The highest BCUT2D eigenvalue weighted by Crippen LogP contribution is 2.33. The van der Waals surface area contributed by atoms with Gasteiger partial charge in [0.2, 0.25) is 0 Å². The Morgan fingerprint density at radius 2 is 2.03 bits per heavy atom. The molecular weight excluding hydrogens is 586 g/mol. The zero-order valence-electron chi connectivity index (χ0n) is 20.3. The smallest absolute Gasteiger partial charge is 0.338 e. The third-order valence-electron chi connectivity index (χ3n) is 5.97. The molecule has 0 aliphatic carbocycles. The molecule has 0 spiro atoms. The van der Waals surface area contributed by atoms with E-state index >= 15 is 0 Å². The van der Waals surface area contributed by atoms with Crippen LogP contribution in [0.1, 0.15) is 34.5 Å². The number of nitrogens with zero attached hydrogens (tertiary/aromatic N) is 3. The lowest BCUT2D eigenvalue weighted by Gasteiger charge is -2.22. The number of hydrogen-bond donors (Lipinski definition) is 0. The number of ether oxygens (including phenoxy) is 2. The highest BCUT2D eigenvalue weighted by Gasteiger charge is 2.33. The molecule has 0 N–H and O–H groups in total. The van der Waals surface area contributed by atoms with Crippen LogP contribution in [0, 0.1) is 11.3 Å². The molecule has 0 amide bonds. The molecule has 1 atom stereocenters. The SMILES string of the molecule is COC(=O)C1=C(C)N=c2sc(=Cc3ccc(OCc4ccc(C#N)cc4)c(Br)c3)c(=O)n2C1c1cccs1. The summed E-state index contributed by atoms with van der Waals surface area (Å²) in [5.41, 5.74) is 3.03. The van der Waals surface area contributed by atoms with E-state index in [0.29, 0.717) is 38.5 Å². The first-order valence-corrected chi connectivity index (χ1v) is 13.9. The molecule has 2 aromatic carbocycles. The van der Waals surface area contributed by atoms with Gasteiger partial charge < -0.3 is 9.47 Å². The van der Waals surface area contributed by atoms with E-state index in [-0.39, 0.29) is 5.56 Å². The predicted octanol–water partition coefficient (Wildman–Crippen LogP) is 4.68. The van der Waals surface area contributed by atoms with E-state index in [1.807, 2.05) is 53.9 Å². The van der Waals surface area contributed by atoms with Crippen molar-refractivity contribution in [1.29, 1.82) is 5.26 Å². The molecule has 0 radical (unpaired) electrons. The number of methoxy groups -OCH3 is 1. The molecule has 4 aromatic rings. The summed E-state index contributed by atoms with van der Waals surface area (Å²) in [5, 5.41) is 10.9. The third kappa shape index (κ3) is 5.00. The first kappa shape index (κ1) is 25.9. The van der Waals surface area contributed by atoms with E-state index in [1.54, 1.807) is 23.6 Å². The standard InChI is InChI=1S/C28H20BrN3O4S2/c1-16-24(27(34)35-2)25(22-4-3-11-37-22)32-26(33)23(38-28(32)31-16)13-19-9-10-21(20(29)12-19)36-15-18-7-5-17(14-30)6-8-18/h3-13,25H,15H2,1-2H3. The molecule has 5 rings (SSSR count). The largest absolute Gasteiger partial charge is 0.488 e. The number of nitriles is 1. The van der Waals surface area contributed by atoms with E-state index in [1.165, 1.54) is 29.8 Å². The maximum absolute atomic E-state index is 13.6. The van der Waals surface area contributed by atoms with Crippen molar-refractivity contribution < 1.29 is 14.3 Å². The number of aromatic nitrogens is 1. The molecule has 7 nitrogen and oxygen atoms in total. The second-order valence-electron chi connectivity index (χ2n) is 8.38. The topological polar surface area (TPSA) is 93.7 Å². The Hall–Kier alpha value is -3.78. The number of hydrogen-bond acceptors (Lipinski definition) is 8. The van der Waals surface area contributed by atoms with Gasteiger partial charge in [-0.1, -0.05) is 35.6 Å². The van der Waals surface area contributed by atoms with Gasteiger partial charge in [0.05, 0.1) is 39.0 Å². The summed E-state index contributed by atoms with van der Waals surface area (Å²) < 4.78 is 13.8. The summed E-state index contributed by atoms with van der Waals surface area (Å²) in [5.74, 6) is 0.156. The van der Waals surface area contributed by atoms with E-state index in [2.05, 4.69) is 27.0 Å². The number of allylic oxidation sites excluding steroid dienone is 1. The van der Waals surface area contributed by atoms with Gasteiger partial charge in [-0.2, -0.15) is 5.26 Å². The average molecular weight is 607 g/mol. The number of fused-ring (bicyclic) bond motifs is 1. The van der Waals surface area contributed by atoms with Crippen LogP contribution in [0.2, 0.25) is 0 Å². The van der Waals surface area contributed by atoms with E-state index in [0.717, 1.165) is 20.5 Å². The molecule has 1 aliphatic heterocycles. The predicted molar refractivity (Wildman–Crippen MR) is 150 cm³/mol. The second-order valence-corrected chi connectivity index (χ2v) is 11.2. The van der Waals surface area contributed by atoms with Gasteiger partial charge in [-0.3, -0.25) is 9.36 Å². The first-order valence-electron chi connectivity index (χ1n) is 11.4. The van der Waals surface area contributed by atoms with Crippen LogP contribution in [0.25, 0.3) is 6.08 Å². The maximum atomic E-state index is 13.6. The normalized spacial score (nSPS) is 15.0. The minimum Gasteiger partial charge on any atom is -0.488 e. The fraction of sp³-hybridized carbons (Fsp3) is 0.143. The van der Waals surface area contributed by atoms with Crippen LogP contribution < -0.4 is 19.6 Å². The molecule has 1 unspecified atom stereocenters. The number of carbonyl (C=O) groups is 1. The minimum absolute atomic E-state index is 0.224. The van der Waals surface area contributed by atoms with Crippen LogP contribution in [0.15, 0.2) is 85.5 Å².